The van der Waals surface area contributed by atoms with Crippen LogP contribution in [0.1, 0.15) is 0 Å². The van der Waals surface area contributed by atoms with E-state index in [0.29, 0.717) is 11.4 Å². The molecule has 0 radical (unpaired) electrons. The molecule has 0 aliphatic carbocycles. The van der Waals surface area contributed by atoms with Gasteiger partial charge in [0.25, 0.3) is 10.0 Å². The summed E-state index contributed by atoms with van der Waals surface area (Å²) in [4.78, 5) is 0. The van der Waals surface area contributed by atoms with Gasteiger partial charge < -0.3 is 4.74 Å². The van der Waals surface area contributed by atoms with Crippen LogP contribution < -0.4 is 9.46 Å². The molecule has 0 fully saturated rings. The molecular formula is C10H11N3O3S. The number of H-pyrrole nitrogens is 1. The predicted octanol–water partition coefficient (Wildman–Crippen LogP) is 1.22. The van der Waals surface area contributed by atoms with Crippen LogP contribution in [0.2, 0.25) is 0 Å². The molecule has 1 aromatic carbocycles. The van der Waals surface area contributed by atoms with Gasteiger partial charge in [-0.2, -0.15) is 13.5 Å². The molecule has 0 atom stereocenters. The summed E-state index contributed by atoms with van der Waals surface area (Å²) >= 11 is 0. The molecular weight excluding hydrogens is 242 g/mol. The van der Waals surface area contributed by atoms with Gasteiger partial charge in [-0.1, -0.05) is 6.07 Å². The third-order valence-corrected chi connectivity index (χ3v) is 3.40. The monoisotopic (exact) mass is 253 g/mol. The fraction of sp³-hybridized carbons (Fsp3) is 0.100. The van der Waals surface area contributed by atoms with Crippen LogP contribution in [-0.4, -0.2) is 25.7 Å². The summed E-state index contributed by atoms with van der Waals surface area (Å²) in [7, 11) is -2.10. The second-order valence-electron chi connectivity index (χ2n) is 3.26. The van der Waals surface area contributed by atoms with E-state index in [-0.39, 0.29) is 5.03 Å². The van der Waals surface area contributed by atoms with E-state index in [1.54, 1.807) is 24.3 Å². The summed E-state index contributed by atoms with van der Waals surface area (Å²) in [5.74, 6) is 0.579. The second kappa shape index (κ2) is 4.46. The van der Waals surface area contributed by atoms with E-state index in [4.69, 9.17) is 4.74 Å². The lowest BCUT2D eigenvalue weighted by Gasteiger charge is -2.07. The number of nitrogens with zero attached hydrogens (tertiary/aromatic N) is 1. The average Bonchev–Trinajstić information content (AvgIpc) is 2.83. The van der Waals surface area contributed by atoms with Gasteiger partial charge in [0.2, 0.25) is 0 Å². The molecule has 1 aromatic heterocycles. The third kappa shape index (κ3) is 2.56. The van der Waals surface area contributed by atoms with Crippen LogP contribution in [-0.2, 0) is 10.0 Å². The Balaban J connectivity index is 2.26. The lowest BCUT2D eigenvalue weighted by molar-refractivity contribution is 0.415. The smallest absolute Gasteiger partial charge is 0.278 e. The highest BCUT2D eigenvalue weighted by Crippen LogP contribution is 2.19. The Morgan fingerprint density at radius 2 is 2.18 bits per heavy atom. The minimum atomic E-state index is -3.62. The van der Waals surface area contributed by atoms with Gasteiger partial charge in [-0.05, 0) is 18.2 Å². The van der Waals surface area contributed by atoms with Crippen LogP contribution in [0.4, 0.5) is 5.69 Å². The number of hydrogen-bond acceptors (Lipinski definition) is 4. The standard InChI is InChI=1S/C10H11N3O3S/c1-16-9-4-2-3-8(7-9)13-17(14,15)10-5-6-11-12-10/h2-7,13H,1H3,(H,11,12). The first-order valence-electron chi connectivity index (χ1n) is 4.78. The number of sulfonamides is 1. The fourth-order valence-corrected chi connectivity index (χ4v) is 2.25. The molecule has 1 heterocycles. The number of hydrogen-bond donors (Lipinski definition) is 2. The van der Waals surface area contributed by atoms with Gasteiger partial charge in [0, 0.05) is 6.07 Å². The highest BCUT2D eigenvalue weighted by molar-refractivity contribution is 7.92. The molecule has 0 aliphatic rings. The summed E-state index contributed by atoms with van der Waals surface area (Å²) in [6.07, 6.45) is 1.38. The molecule has 7 heteroatoms. The van der Waals surface area contributed by atoms with Gasteiger partial charge in [0.05, 0.1) is 19.0 Å². The Morgan fingerprint density at radius 1 is 1.35 bits per heavy atom. The van der Waals surface area contributed by atoms with Crippen molar-refractivity contribution in [2.75, 3.05) is 11.8 Å². The van der Waals surface area contributed by atoms with Crippen molar-refractivity contribution in [2.45, 2.75) is 5.03 Å². The van der Waals surface area contributed by atoms with Gasteiger partial charge in [0.15, 0.2) is 5.03 Å². The number of aromatic nitrogens is 2. The number of ether oxygens (including phenoxy) is 1. The molecule has 2 N–H and O–H groups in total. The number of rotatable bonds is 4. The maximum atomic E-state index is 11.8. The number of nitrogens with one attached hydrogen (secondary N) is 2. The second-order valence-corrected chi connectivity index (χ2v) is 4.91. The normalized spacial score (nSPS) is 11.1. The van der Waals surface area contributed by atoms with Crippen molar-refractivity contribution in [1.82, 2.24) is 10.2 Å². The quantitative estimate of drug-likeness (QED) is 0.858. The highest BCUT2D eigenvalue weighted by Gasteiger charge is 2.15. The van der Waals surface area contributed by atoms with E-state index >= 15 is 0 Å². The Bertz CT molecular complexity index is 593. The number of benzene rings is 1. The molecule has 2 rings (SSSR count). The predicted molar refractivity (Wildman–Crippen MR) is 62.4 cm³/mol. The average molecular weight is 253 g/mol. The van der Waals surface area contributed by atoms with Crippen LogP contribution in [0.25, 0.3) is 0 Å². The van der Waals surface area contributed by atoms with E-state index in [0.717, 1.165) is 0 Å². The summed E-state index contributed by atoms with van der Waals surface area (Å²) in [5, 5.41) is 6.00. The van der Waals surface area contributed by atoms with E-state index in [1.807, 2.05) is 0 Å². The maximum absolute atomic E-state index is 11.8. The number of anilines is 1. The van der Waals surface area contributed by atoms with Gasteiger partial charge in [0.1, 0.15) is 5.75 Å². The van der Waals surface area contributed by atoms with Crippen molar-refractivity contribution in [3.8, 4) is 5.75 Å². The molecule has 2 aromatic rings. The molecule has 0 saturated heterocycles. The maximum Gasteiger partial charge on any atom is 0.278 e. The summed E-state index contributed by atoms with van der Waals surface area (Å²) in [6, 6.07) is 8.03. The molecule has 0 amide bonds. The highest BCUT2D eigenvalue weighted by atomic mass is 32.2. The Morgan fingerprint density at radius 3 is 2.82 bits per heavy atom. The zero-order chi connectivity index (χ0) is 12.3. The lowest BCUT2D eigenvalue weighted by atomic mass is 10.3. The summed E-state index contributed by atoms with van der Waals surface area (Å²) in [5.41, 5.74) is 0.430. The first kappa shape index (κ1) is 11.5. The topological polar surface area (TPSA) is 84.1 Å². The Hall–Kier alpha value is -2.02. The molecule has 0 unspecified atom stereocenters. The lowest BCUT2D eigenvalue weighted by Crippen LogP contribution is -2.13. The van der Waals surface area contributed by atoms with Crippen molar-refractivity contribution < 1.29 is 13.2 Å². The minimum Gasteiger partial charge on any atom is -0.497 e. The van der Waals surface area contributed by atoms with Gasteiger partial charge in [-0.3, -0.25) is 9.82 Å². The van der Waals surface area contributed by atoms with Crippen LogP contribution in [0, 0.1) is 0 Å². The van der Waals surface area contributed by atoms with E-state index in [9.17, 15) is 8.42 Å². The zero-order valence-corrected chi connectivity index (χ0v) is 9.86. The molecule has 0 spiro atoms. The van der Waals surface area contributed by atoms with Crippen LogP contribution >= 0.6 is 0 Å². The first-order valence-corrected chi connectivity index (χ1v) is 6.26. The largest absolute Gasteiger partial charge is 0.497 e. The van der Waals surface area contributed by atoms with E-state index < -0.39 is 10.0 Å². The van der Waals surface area contributed by atoms with Crippen LogP contribution in [0.15, 0.2) is 41.6 Å². The van der Waals surface area contributed by atoms with Gasteiger partial charge in [-0.15, -0.1) is 0 Å². The molecule has 0 saturated carbocycles. The first-order chi connectivity index (χ1) is 8.12. The Labute approximate surface area is 98.7 Å². The van der Waals surface area contributed by atoms with E-state index in [1.165, 1.54) is 19.4 Å². The van der Waals surface area contributed by atoms with Crippen molar-refractivity contribution in [1.29, 1.82) is 0 Å². The van der Waals surface area contributed by atoms with Crippen molar-refractivity contribution in [3.63, 3.8) is 0 Å². The van der Waals surface area contributed by atoms with Crippen molar-refractivity contribution >= 4 is 15.7 Å². The molecule has 6 nitrogen and oxygen atoms in total. The minimum absolute atomic E-state index is 0.0142. The number of methoxy groups -OCH3 is 1. The summed E-state index contributed by atoms with van der Waals surface area (Å²) in [6.45, 7) is 0. The van der Waals surface area contributed by atoms with E-state index in [2.05, 4.69) is 14.9 Å². The fourth-order valence-electron chi connectivity index (χ4n) is 1.29. The van der Waals surface area contributed by atoms with Gasteiger partial charge in [-0.25, -0.2) is 0 Å². The van der Waals surface area contributed by atoms with Gasteiger partial charge >= 0.3 is 0 Å². The SMILES string of the molecule is COc1cccc(NS(=O)(=O)c2ccn[nH]2)c1. The third-order valence-electron chi connectivity index (χ3n) is 2.09. The van der Waals surface area contributed by atoms with Crippen LogP contribution in [0.3, 0.4) is 0 Å². The Kier molecular flexibility index (Phi) is 3.01. The number of aromatic amines is 1. The molecule has 0 bridgehead atoms. The molecule has 90 valence electrons. The van der Waals surface area contributed by atoms with Crippen molar-refractivity contribution in [3.05, 3.63) is 36.5 Å². The molecule has 17 heavy (non-hydrogen) atoms. The zero-order valence-electron chi connectivity index (χ0n) is 9.04. The van der Waals surface area contributed by atoms with Crippen LogP contribution in [0.5, 0.6) is 5.75 Å². The van der Waals surface area contributed by atoms with Crippen molar-refractivity contribution in [2.24, 2.45) is 0 Å². The molecule has 0 aliphatic heterocycles. The summed E-state index contributed by atoms with van der Waals surface area (Å²) < 4.78 is 31.1.